The molecule has 0 radical (unpaired) electrons. The Morgan fingerprint density at radius 1 is 0.875 bits per heavy atom. The second kappa shape index (κ2) is 9.21. The minimum Gasteiger partial charge on any atom is -0.339 e. The van der Waals surface area contributed by atoms with Crippen LogP contribution in [0.25, 0.3) is 16.9 Å². The summed E-state index contributed by atoms with van der Waals surface area (Å²) in [5.41, 5.74) is 4.52. The van der Waals surface area contributed by atoms with Crippen molar-refractivity contribution in [3.05, 3.63) is 76.9 Å². The van der Waals surface area contributed by atoms with E-state index in [0.717, 1.165) is 22.6 Å². The minimum absolute atomic E-state index is 0.00374. The number of benzene rings is 2. The molecule has 32 heavy (non-hydrogen) atoms. The molecule has 2 aromatic carbocycles. The van der Waals surface area contributed by atoms with Gasteiger partial charge in [-0.2, -0.15) is 0 Å². The first-order valence-electron chi connectivity index (χ1n) is 11.0. The molecule has 0 bridgehead atoms. The molecule has 0 saturated carbocycles. The molecule has 3 aromatic rings. The third-order valence-electron chi connectivity index (χ3n) is 6.00. The lowest BCUT2D eigenvalue weighted by molar-refractivity contribution is -0.135. The maximum atomic E-state index is 13.5. The Morgan fingerprint density at radius 3 is 2.06 bits per heavy atom. The first-order chi connectivity index (χ1) is 15.4. The number of piperazine rings is 1. The molecule has 1 aromatic heterocycles. The third kappa shape index (κ3) is 4.30. The number of para-hydroxylation sites is 1. The number of halogens is 1. The molecule has 1 fully saturated rings. The smallest absolute Gasteiger partial charge is 0.255 e. The fraction of sp³-hybridized carbons (Fsp3) is 0.308. The molecule has 0 unspecified atom stereocenters. The maximum Gasteiger partial charge on any atom is 0.255 e. The zero-order chi connectivity index (χ0) is 22.8. The number of nitrogens with zero attached hydrogens (tertiary/aromatic N) is 3. The average molecular weight is 450 g/mol. The van der Waals surface area contributed by atoms with Crippen LogP contribution in [0.1, 0.15) is 29.9 Å². The van der Waals surface area contributed by atoms with Gasteiger partial charge < -0.3 is 14.4 Å². The highest BCUT2D eigenvalue weighted by molar-refractivity contribution is 6.30. The summed E-state index contributed by atoms with van der Waals surface area (Å²) in [6, 6.07) is 19.7. The summed E-state index contributed by atoms with van der Waals surface area (Å²) < 4.78 is 2.12. The largest absolute Gasteiger partial charge is 0.339 e. The summed E-state index contributed by atoms with van der Waals surface area (Å²) in [7, 11) is 0. The molecule has 2 heterocycles. The van der Waals surface area contributed by atoms with Gasteiger partial charge in [-0.15, -0.1) is 0 Å². The van der Waals surface area contributed by atoms with Crippen molar-refractivity contribution >= 4 is 23.4 Å². The molecule has 6 heteroatoms. The van der Waals surface area contributed by atoms with Gasteiger partial charge in [-0.05, 0) is 42.8 Å². The van der Waals surface area contributed by atoms with Gasteiger partial charge in [0.05, 0.1) is 11.3 Å². The van der Waals surface area contributed by atoms with Crippen LogP contribution in [0.4, 0.5) is 0 Å². The van der Waals surface area contributed by atoms with Gasteiger partial charge in [0.2, 0.25) is 5.91 Å². The molecule has 0 N–H and O–H groups in total. The monoisotopic (exact) mass is 449 g/mol. The number of carbonyl (C=O) groups is 2. The van der Waals surface area contributed by atoms with Crippen molar-refractivity contribution in [2.24, 2.45) is 5.92 Å². The minimum atomic E-state index is -0.0265. The SMILES string of the molecule is Cc1c(C(=O)N2CCN(C(=O)C(C)C)CC2)cc(-c2ccc(Cl)cc2)n1-c1ccccc1. The summed E-state index contributed by atoms with van der Waals surface area (Å²) in [5, 5.41) is 0.674. The highest BCUT2D eigenvalue weighted by Gasteiger charge is 2.28. The molecule has 1 aliphatic rings. The van der Waals surface area contributed by atoms with Gasteiger partial charge in [-0.3, -0.25) is 9.59 Å². The lowest BCUT2D eigenvalue weighted by Gasteiger charge is -2.35. The molecule has 1 saturated heterocycles. The molecule has 0 spiro atoms. The average Bonchev–Trinajstić information content (AvgIpc) is 3.16. The number of amides is 2. The molecule has 2 amide bonds. The molecule has 0 atom stereocenters. The zero-order valence-electron chi connectivity index (χ0n) is 18.7. The van der Waals surface area contributed by atoms with Gasteiger partial charge in [-0.25, -0.2) is 0 Å². The van der Waals surface area contributed by atoms with Gasteiger partial charge in [0, 0.05) is 48.5 Å². The summed E-state index contributed by atoms with van der Waals surface area (Å²) in [6.45, 7) is 8.04. The number of rotatable bonds is 4. The van der Waals surface area contributed by atoms with Gasteiger partial charge in [-0.1, -0.05) is 55.8 Å². The van der Waals surface area contributed by atoms with Crippen molar-refractivity contribution in [2.45, 2.75) is 20.8 Å². The van der Waals surface area contributed by atoms with E-state index in [9.17, 15) is 9.59 Å². The number of hydrogen-bond donors (Lipinski definition) is 0. The highest BCUT2D eigenvalue weighted by Crippen LogP contribution is 2.31. The van der Waals surface area contributed by atoms with Crippen LogP contribution in [-0.4, -0.2) is 52.4 Å². The van der Waals surface area contributed by atoms with Crippen LogP contribution in [-0.2, 0) is 4.79 Å². The van der Waals surface area contributed by atoms with Crippen molar-refractivity contribution < 1.29 is 9.59 Å². The number of carbonyl (C=O) groups excluding carboxylic acids is 2. The Kier molecular flexibility index (Phi) is 6.38. The van der Waals surface area contributed by atoms with Gasteiger partial charge >= 0.3 is 0 Å². The molecular weight excluding hydrogens is 422 g/mol. The summed E-state index contributed by atoms with van der Waals surface area (Å²) in [5.74, 6) is 0.124. The quantitative estimate of drug-likeness (QED) is 0.559. The summed E-state index contributed by atoms with van der Waals surface area (Å²) in [6.07, 6.45) is 0. The van der Waals surface area contributed by atoms with Crippen LogP contribution in [0.5, 0.6) is 0 Å². The first kappa shape index (κ1) is 22.2. The Bertz CT molecular complexity index is 1110. The predicted molar refractivity (Wildman–Crippen MR) is 128 cm³/mol. The fourth-order valence-electron chi connectivity index (χ4n) is 4.23. The highest BCUT2D eigenvalue weighted by atomic mass is 35.5. The van der Waals surface area contributed by atoms with Crippen LogP contribution < -0.4 is 0 Å². The van der Waals surface area contributed by atoms with Crippen molar-refractivity contribution in [1.82, 2.24) is 14.4 Å². The third-order valence-corrected chi connectivity index (χ3v) is 6.26. The standard InChI is InChI=1S/C26H28ClN3O2/c1-18(2)25(31)28-13-15-29(16-14-28)26(32)23-17-24(20-9-11-21(27)12-10-20)30(19(23)3)22-7-5-4-6-8-22/h4-12,17-18H,13-16H2,1-3H3. The van der Waals surface area contributed by atoms with E-state index in [-0.39, 0.29) is 17.7 Å². The van der Waals surface area contributed by atoms with Gasteiger partial charge in [0.15, 0.2) is 0 Å². The van der Waals surface area contributed by atoms with Crippen LogP contribution in [0.15, 0.2) is 60.7 Å². The van der Waals surface area contributed by atoms with Crippen molar-refractivity contribution in [1.29, 1.82) is 0 Å². The van der Waals surface area contributed by atoms with E-state index in [2.05, 4.69) is 4.57 Å². The Labute approximate surface area is 194 Å². The summed E-state index contributed by atoms with van der Waals surface area (Å²) in [4.78, 5) is 29.5. The number of hydrogen-bond acceptors (Lipinski definition) is 2. The maximum absolute atomic E-state index is 13.5. The Balaban J connectivity index is 1.67. The molecule has 5 nitrogen and oxygen atoms in total. The van der Waals surface area contributed by atoms with E-state index >= 15 is 0 Å². The summed E-state index contributed by atoms with van der Waals surface area (Å²) >= 11 is 6.10. The zero-order valence-corrected chi connectivity index (χ0v) is 19.5. The van der Waals surface area contributed by atoms with Crippen molar-refractivity contribution in [3.8, 4) is 16.9 Å². The van der Waals surface area contributed by atoms with E-state index in [1.807, 2.05) is 91.2 Å². The van der Waals surface area contributed by atoms with Crippen molar-refractivity contribution in [3.63, 3.8) is 0 Å². The van der Waals surface area contributed by atoms with E-state index in [0.29, 0.717) is 36.8 Å². The van der Waals surface area contributed by atoms with E-state index in [1.54, 1.807) is 0 Å². The van der Waals surface area contributed by atoms with E-state index in [1.165, 1.54) is 0 Å². The normalized spacial score (nSPS) is 14.2. The van der Waals surface area contributed by atoms with Crippen LogP contribution >= 0.6 is 11.6 Å². The second-order valence-corrected chi connectivity index (χ2v) is 8.92. The van der Waals surface area contributed by atoms with Crippen LogP contribution in [0.2, 0.25) is 5.02 Å². The molecule has 166 valence electrons. The first-order valence-corrected chi connectivity index (χ1v) is 11.4. The predicted octanol–water partition coefficient (Wildman–Crippen LogP) is 5.05. The van der Waals surface area contributed by atoms with Crippen molar-refractivity contribution in [2.75, 3.05) is 26.2 Å². The van der Waals surface area contributed by atoms with E-state index < -0.39 is 0 Å². The fourth-order valence-corrected chi connectivity index (χ4v) is 4.36. The van der Waals surface area contributed by atoms with Gasteiger partial charge in [0.1, 0.15) is 0 Å². The lowest BCUT2D eigenvalue weighted by Crippen LogP contribution is -2.51. The molecule has 1 aliphatic heterocycles. The van der Waals surface area contributed by atoms with Gasteiger partial charge in [0.25, 0.3) is 5.91 Å². The second-order valence-electron chi connectivity index (χ2n) is 8.48. The topological polar surface area (TPSA) is 45.6 Å². The molecular formula is C26H28ClN3O2. The lowest BCUT2D eigenvalue weighted by atomic mass is 10.1. The molecule has 4 rings (SSSR count). The Hall–Kier alpha value is -3.05. The molecule has 0 aliphatic carbocycles. The van der Waals surface area contributed by atoms with E-state index in [4.69, 9.17) is 11.6 Å². The van der Waals surface area contributed by atoms with Crippen LogP contribution in [0, 0.1) is 12.8 Å². The van der Waals surface area contributed by atoms with Crippen LogP contribution in [0.3, 0.4) is 0 Å². The Morgan fingerprint density at radius 2 is 1.47 bits per heavy atom. The number of aromatic nitrogens is 1.